The smallest absolute Gasteiger partial charge is 0.227 e. The van der Waals surface area contributed by atoms with Crippen LogP contribution in [0.4, 0.5) is 0 Å². The largest absolute Gasteiger partial charge is 0.342 e. The van der Waals surface area contributed by atoms with Crippen LogP contribution in [-0.4, -0.2) is 95.7 Å². The van der Waals surface area contributed by atoms with Crippen molar-refractivity contribution >= 4 is 17.7 Å². The van der Waals surface area contributed by atoms with E-state index in [9.17, 15) is 14.4 Å². The number of carbonyl (C=O) groups excluding carboxylic acids is 3. The minimum atomic E-state index is -0.242. The maximum atomic E-state index is 12.9. The van der Waals surface area contributed by atoms with E-state index in [1.54, 1.807) is 0 Å². The molecule has 3 rings (SSSR count). The number of nitrogens with zero attached hydrogens (tertiary/aromatic N) is 4. The molecule has 27 heavy (non-hydrogen) atoms. The van der Waals surface area contributed by atoms with Gasteiger partial charge in [0.25, 0.3) is 0 Å². The molecule has 0 aliphatic carbocycles. The molecule has 1 atom stereocenters. The first-order valence-corrected chi connectivity index (χ1v) is 10.2. The fourth-order valence-corrected chi connectivity index (χ4v) is 4.41. The lowest BCUT2D eigenvalue weighted by molar-refractivity contribution is -0.143. The molecular weight excluding hydrogens is 344 g/mol. The van der Waals surface area contributed by atoms with E-state index in [-0.39, 0.29) is 35.1 Å². The SMILES string of the molecule is CN1CCN(C(=O)C2CCN(C(=O)C3CC(=O)N(C(C)(C)C)C3)CC2)CC1. The number of hydrogen-bond acceptors (Lipinski definition) is 4. The van der Waals surface area contributed by atoms with Crippen LogP contribution in [0, 0.1) is 11.8 Å². The van der Waals surface area contributed by atoms with Gasteiger partial charge in [-0.2, -0.15) is 0 Å². The fraction of sp³-hybridized carbons (Fsp3) is 0.850. The normalized spacial score (nSPS) is 26.0. The summed E-state index contributed by atoms with van der Waals surface area (Å²) in [5.41, 5.74) is -0.242. The topological polar surface area (TPSA) is 64.2 Å². The van der Waals surface area contributed by atoms with Gasteiger partial charge in [-0.1, -0.05) is 0 Å². The molecule has 3 amide bonds. The van der Waals surface area contributed by atoms with E-state index in [4.69, 9.17) is 0 Å². The van der Waals surface area contributed by atoms with E-state index in [2.05, 4.69) is 11.9 Å². The number of piperazine rings is 1. The Morgan fingerprint density at radius 1 is 0.852 bits per heavy atom. The van der Waals surface area contributed by atoms with Gasteiger partial charge in [0.15, 0.2) is 0 Å². The minimum Gasteiger partial charge on any atom is -0.342 e. The molecule has 0 aromatic carbocycles. The molecule has 0 aromatic heterocycles. The van der Waals surface area contributed by atoms with Crippen molar-refractivity contribution in [1.82, 2.24) is 19.6 Å². The van der Waals surface area contributed by atoms with E-state index in [1.807, 2.05) is 35.5 Å². The second kappa shape index (κ2) is 7.78. The van der Waals surface area contributed by atoms with Crippen molar-refractivity contribution in [2.24, 2.45) is 11.8 Å². The second-order valence-electron chi connectivity index (χ2n) is 9.30. The molecule has 3 saturated heterocycles. The van der Waals surface area contributed by atoms with Crippen LogP contribution in [0.1, 0.15) is 40.0 Å². The van der Waals surface area contributed by atoms with Crippen molar-refractivity contribution in [1.29, 1.82) is 0 Å². The lowest BCUT2D eigenvalue weighted by Crippen LogP contribution is -2.51. The van der Waals surface area contributed by atoms with E-state index >= 15 is 0 Å². The molecule has 0 bridgehead atoms. The van der Waals surface area contributed by atoms with Gasteiger partial charge in [-0.15, -0.1) is 0 Å². The van der Waals surface area contributed by atoms with Crippen LogP contribution in [0.3, 0.4) is 0 Å². The number of amides is 3. The van der Waals surface area contributed by atoms with E-state index in [1.165, 1.54) is 0 Å². The Hall–Kier alpha value is -1.63. The summed E-state index contributed by atoms with van der Waals surface area (Å²) in [5, 5.41) is 0. The summed E-state index contributed by atoms with van der Waals surface area (Å²) in [7, 11) is 2.08. The van der Waals surface area contributed by atoms with E-state index in [0.29, 0.717) is 26.1 Å². The Bertz CT molecular complexity index is 585. The van der Waals surface area contributed by atoms with E-state index < -0.39 is 0 Å². The van der Waals surface area contributed by atoms with Crippen LogP contribution in [0.5, 0.6) is 0 Å². The molecule has 1 unspecified atom stereocenters. The van der Waals surface area contributed by atoms with Gasteiger partial charge in [-0.3, -0.25) is 14.4 Å². The van der Waals surface area contributed by atoms with Gasteiger partial charge in [0, 0.05) is 63.7 Å². The Balaban J connectivity index is 1.50. The van der Waals surface area contributed by atoms with E-state index in [0.717, 1.165) is 39.0 Å². The first-order chi connectivity index (χ1) is 12.7. The van der Waals surface area contributed by atoms with Gasteiger partial charge in [0.2, 0.25) is 17.7 Å². The van der Waals surface area contributed by atoms with Gasteiger partial charge in [0.1, 0.15) is 0 Å². The zero-order valence-corrected chi connectivity index (χ0v) is 17.2. The monoisotopic (exact) mass is 378 g/mol. The number of likely N-dealkylation sites (tertiary alicyclic amines) is 2. The molecule has 0 spiro atoms. The van der Waals surface area contributed by atoms with Crippen LogP contribution in [0.25, 0.3) is 0 Å². The molecule has 3 fully saturated rings. The summed E-state index contributed by atoms with van der Waals surface area (Å²) >= 11 is 0. The summed E-state index contributed by atoms with van der Waals surface area (Å²) in [5.74, 6) is 0.210. The number of carbonyl (C=O) groups is 3. The summed E-state index contributed by atoms with van der Waals surface area (Å²) in [4.78, 5) is 45.8. The molecule has 7 heteroatoms. The molecule has 0 N–H and O–H groups in total. The number of hydrogen-bond donors (Lipinski definition) is 0. The van der Waals surface area contributed by atoms with Crippen LogP contribution in [0.15, 0.2) is 0 Å². The highest BCUT2D eigenvalue weighted by molar-refractivity contribution is 5.90. The molecule has 0 radical (unpaired) electrons. The van der Waals surface area contributed by atoms with Crippen molar-refractivity contribution < 1.29 is 14.4 Å². The summed E-state index contributed by atoms with van der Waals surface area (Å²) < 4.78 is 0. The van der Waals surface area contributed by atoms with Crippen LogP contribution >= 0.6 is 0 Å². The maximum Gasteiger partial charge on any atom is 0.227 e. The second-order valence-corrected chi connectivity index (χ2v) is 9.30. The molecule has 0 aromatic rings. The number of rotatable bonds is 2. The zero-order chi connectivity index (χ0) is 19.8. The van der Waals surface area contributed by atoms with Crippen molar-refractivity contribution in [3.8, 4) is 0 Å². The predicted octanol–water partition coefficient (Wildman–Crippen LogP) is 0.646. The van der Waals surface area contributed by atoms with Gasteiger partial charge in [0.05, 0.1) is 5.92 Å². The van der Waals surface area contributed by atoms with Crippen LogP contribution < -0.4 is 0 Å². The first kappa shape index (κ1) is 20.1. The molecule has 7 nitrogen and oxygen atoms in total. The van der Waals surface area contributed by atoms with Gasteiger partial charge >= 0.3 is 0 Å². The Morgan fingerprint density at radius 3 is 1.89 bits per heavy atom. The molecule has 3 aliphatic heterocycles. The maximum absolute atomic E-state index is 12.9. The van der Waals surface area contributed by atoms with Crippen LogP contribution in [0.2, 0.25) is 0 Å². The highest BCUT2D eigenvalue weighted by atomic mass is 16.2. The van der Waals surface area contributed by atoms with Crippen molar-refractivity contribution in [2.75, 3.05) is 52.9 Å². The third-order valence-electron chi connectivity index (χ3n) is 6.25. The van der Waals surface area contributed by atoms with Crippen molar-refractivity contribution in [3.63, 3.8) is 0 Å². The van der Waals surface area contributed by atoms with Gasteiger partial charge in [-0.25, -0.2) is 0 Å². The lowest BCUT2D eigenvalue weighted by Gasteiger charge is -2.38. The summed E-state index contributed by atoms with van der Waals surface area (Å²) in [6, 6.07) is 0. The van der Waals surface area contributed by atoms with Crippen LogP contribution in [-0.2, 0) is 14.4 Å². The Kier molecular flexibility index (Phi) is 5.79. The number of piperidine rings is 1. The first-order valence-electron chi connectivity index (χ1n) is 10.2. The Morgan fingerprint density at radius 2 is 1.37 bits per heavy atom. The third kappa shape index (κ3) is 4.45. The molecular formula is C20H34N4O3. The highest BCUT2D eigenvalue weighted by Gasteiger charge is 2.41. The van der Waals surface area contributed by atoms with Gasteiger partial charge in [-0.05, 0) is 40.7 Å². The summed E-state index contributed by atoms with van der Waals surface area (Å²) in [6.07, 6.45) is 1.79. The molecule has 3 aliphatic rings. The third-order valence-corrected chi connectivity index (χ3v) is 6.25. The lowest BCUT2D eigenvalue weighted by atomic mass is 9.93. The Labute approximate surface area is 162 Å². The minimum absolute atomic E-state index is 0.0359. The van der Waals surface area contributed by atoms with Crippen molar-refractivity contribution in [3.05, 3.63) is 0 Å². The highest BCUT2D eigenvalue weighted by Crippen LogP contribution is 2.29. The average Bonchev–Trinajstić information content (AvgIpc) is 3.03. The predicted molar refractivity (Wildman–Crippen MR) is 103 cm³/mol. The standard InChI is InChI=1S/C20H34N4O3/c1-20(2,3)24-14-16(13-17(24)25)19(27)22-7-5-15(6-8-22)18(26)23-11-9-21(4)10-12-23/h15-16H,5-14H2,1-4H3. The quantitative estimate of drug-likeness (QED) is 0.708. The zero-order valence-electron chi connectivity index (χ0n) is 17.2. The molecule has 3 heterocycles. The molecule has 0 saturated carbocycles. The molecule has 152 valence electrons. The summed E-state index contributed by atoms with van der Waals surface area (Å²) in [6.45, 7) is 11.3. The van der Waals surface area contributed by atoms with Crippen molar-refractivity contribution in [2.45, 2.75) is 45.6 Å². The number of likely N-dealkylation sites (N-methyl/N-ethyl adjacent to an activating group) is 1. The fourth-order valence-electron chi connectivity index (χ4n) is 4.41. The van der Waals surface area contributed by atoms with Gasteiger partial charge < -0.3 is 19.6 Å². The average molecular weight is 379 g/mol.